The molecule has 1 aromatic carbocycles. The molecule has 0 unspecified atom stereocenters. The van der Waals surface area contributed by atoms with E-state index >= 15 is 0 Å². The molecule has 19 heavy (non-hydrogen) atoms. The van der Waals surface area contributed by atoms with Crippen LogP contribution >= 0.6 is 0 Å². The number of amides is 2. The summed E-state index contributed by atoms with van der Waals surface area (Å²) in [6.45, 7) is -1.78. The van der Waals surface area contributed by atoms with Crippen LogP contribution in [0.5, 0.6) is 0 Å². The summed E-state index contributed by atoms with van der Waals surface area (Å²) in [7, 11) is 0. The molecule has 0 saturated carbocycles. The number of alkyl halides is 3. The fourth-order valence-electron chi connectivity index (χ4n) is 1.02. The number of nitrogens with one attached hydrogen (secondary N) is 2. The number of anilines is 1. The van der Waals surface area contributed by atoms with E-state index in [9.17, 15) is 35.5 Å². The maximum absolute atomic E-state index is 13.0. The molecule has 0 spiro atoms. The van der Waals surface area contributed by atoms with Crippen molar-refractivity contribution in [3.63, 3.8) is 0 Å². The second kappa shape index (κ2) is 5.33. The Bertz CT molecular complexity index is 474. The van der Waals surface area contributed by atoms with Crippen molar-refractivity contribution in [2.24, 2.45) is 0 Å². The van der Waals surface area contributed by atoms with Crippen LogP contribution < -0.4 is 10.6 Å². The van der Waals surface area contributed by atoms with Gasteiger partial charge in [-0.15, -0.1) is 0 Å². The molecule has 1 rings (SSSR count). The van der Waals surface area contributed by atoms with Gasteiger partial charge in [-0.25, -0.2) is 22.4 Å². The highest BCUT2D eigenvalue weighted by atomic mass is 19.4. The van der Waals surface area contributed by atoms with E-state index in [0.29, 0.717) is 0 Å². The monoisotopic (exact) mass is 290 g/mol. The number of carbonyl (C=O) groups is 1. The molecule has 2 amide bonds. The number of halogens is 7. The molecule has 3 nitrogen and oxygen atoms in total. The van der Waals surface area contributed by atoms with Crippen molar-refractivity contribution < 1.29 is 35.5 Å². The normalized spacial score (nSPS) is 11.3. The number of hydrogen-bond acceptors (Lipinski definition) is 1. The average Bonchev–Trinajstić information content (AvgIpc) is 2.29. The zero-order valence-electron chi connectivity index (χ0n) is 8.84. The molecule has 0 aliphatic rings. The minimum Gasteiger partial charge on any atom is -0.329 e. The molecule has 0 aromatic heterocycles. The minimum atomic E-state index is -4.75. The Labute approximate surface area is 101 Å². The van der Waals surface area contributed by atoms with Crippen LogP contribution in [0.4, 0.5) is 41.2 Å². The SMILES string of the molecule is O=C(NCC(F)(F)F)Nc1c(F)c(F)cc(F)c1F. The van der Waals surface area contributed by atoms with E-state index in [-0.39, 0.29) is 6.07 Å². The standard InChI is InChI=1S/C9H5F7N2O/c10-3-1-4(11)6(13)7(5(3)12)18-8(19)17-2-9(14,15)16/h1H,2H2,(H2,17,18,19). The summed E-state index contributed by atoms with van der Waals surface area (Å²) in [6, 6.07) is -1.77. The summed E-state index contributed by atoms with van der Waals surface area (Å²) in [4.78, 5) is 10.9. The summed E-state index contributed by atoms with van der Waals surface area (Å²) < 4.78 is 86.7. The predicted molar refractivity (Wildman–Crippen MR) is 49.4 cm³/mol. The molecule has 0 heterocycles. The first-order valence-corrected chi connectivity index (χ1v) is 4.56. The summed E-state index contributed by atoms with van der Waals surface area (Å²) >= 11 is 0. The Morgan fingerprint density at radius 3 is 1.95 bits per heavy atom. The lowest BCUT2D eigenvalue weighted by Gasteiger charge is -2.11. The first-order valence-electron chi connectivity index (χ1n) is 4.56. The first kappa shape index (κ1) is 15.1. The topological polar surface area (TPSA) is 41.1 Å². The maximum atomic E-state index is 13.0. The van der Waals surface area contributed by atoms with E-state index in [1.165, 1.54) is 10.6 Å². The molecule has 2 N–H and O–H groups in total. The van der Waals surface area contributed by atoms with Crippen molar-refractivity contribution in [3.8, 4) is 0 Å². The highest BCUT2D eigenvalue weighted by Gasteiger charge is 2.28. The lowest BCUT2D eigenvalue weighted by molar-refractivity contribution is -0.122. The van der Waals surface area contributed by atoms with Crippen LogP contribution in [0.2, 0.25) is 0 Å². The summed E-state index contributed by atoms with van der Waals surface area (Å²) in [5, 5.41) is 2.46. The van der Waals surface area contributed by atoms with Gasteiger partial charge in [0.1, 0.15) is 12.2 Å². The van der Waals surface area contributed by atoms with Gasteiger partial charge in [-0.3, -0.25) is 0 Å². The third-order valence-electron chi connectivity index (χ3n) is 1.80. The number of benzene rings is 1. The molecule has 1 aromatic rings. The average molecular weight is 290 g/mol. The van der Waals surface area contributed by atoms with Gasteiger partial charge in [-0.05, 0) is 0 Å². The van der Waals surface area contributed by atoms with Crippen LogP contribution in [0.1, 0.15) is 0 Å². The quantitative estimate of drug-likeness (QED) is 0.638. The van der Waals surface area contributed by atoms with Gasteiger partial charge in [0.25, 0.3) is 0 Å². The second-order valence-corrected chi connectivity index (χ2v) is 3.27. The van der Waals surface area contributed by atoms with Crippen molar-refractivity contribution >= 4 is 11.7 Å². The van der Waals surface area contributed by atoms with Crippen LogP contribution in [0.15, 0.2) is 6.07 Å². The van der Waals surface area contributed by atoms with E-state index in [2.05, 4.69) is 0 Å². The molecule has 0 aliphatic carbocycles. The Kier molecular flexibility index (Phi) is 4.22. The lowest BCUT2D eigenvalue weighted by Crippen LogP contribution is -2.37. The number of hydrogen-bond donors (Lipinski definition) is 2. The zero-order valence-corrected chi connectivity index (χ0v) is 8.84. The zero-order chi connectivity index (χ0) is 14.8. The van der Waals surface area contributed by atoms with Gasteiger partial charge < -0.3 is 10.6 Å². The van der Waals surface area contributed by atoms with Gasteiger partial charge in [0.2, 0.25) is 0 Å². The largest absolute Gasteiger partial charge is 0.405 e. The smallest absolute Gasteiger partial charge is 0.329 e. The van der Waals surface area contributed by atoms with Crippen LogP contribution in [-0.2, 0) is 0 Å². The van der Waals surface area contributed by atoms with Gasteiger partial charge in [0.15, 0.2) is 23.3 Å². The van der Waals surface area contributed by atoms with E-state index in [0.717, 1.165) is 0 Å². The van der Waals surface area contributed by atoms with Gasteiger partial charge >= 0.3 is 12.2 Å². The summed E-state index contributed by atoms with van der Waals surface area (Å²) in [5.74, 6) is -7.46. The van der Waals surface area contributed by atoms with Crippen molar-refractivity contribution in [1.82, 2.24) is 5.32 Å². The molecule has 106 valence electrons. The Hall–Kier alpha value is -2.00. The summed E-state index contributed by atoms with van der Waals surface area (Å²) in [5.41, 5.74) is -1.52. The van der Waals surface area contributed by atoms with E-state index in [4.69, 9.17) is 0 Å². The highest BCUT2D eigenvalue weighted by Crippen LogP contribution is 2.24. The third kappa shape index (κ3) is 4.00. The van der Waals surface area contributed by atoms with E-state index in [1.54, 1.807) is 0 Å². The molecule has 0 radical (unpaired) electrons. The third-order valence-corrected chi connectivity index (χ3v) is 1.80. The molecule has 0 bridgehead atoms. The molecular formula is C9H5F7N2O. The maximum Gasteiger partial charge on any atom is 0.405 e. The Morgan fingerprint density at radius 2 is 1.53 bits per heavy atom. The number of carbonyl (C=O) groups excluding carboxylic acids is 1. The fraction of sp³-hybridized carbons (Fsp3) is 0.222. The second-order valence-electron chi connectivity index (χ2n) is 3.27. The lowest BCUT2D eigenvalue weighted by atomic mass is 10.2. The van der Waals surface area contributed by atoms with Gasteiger partial charge in [0.05, 0.1) is 0 Å². The van der Waals surface area contributed by atoms with Crippen LogP contribution in [0.25, 0.3) is 0 Å². The van der Waals surface area contributed by atoms with Gasteiger partial charge in [-0.2, -0.15) is 13.2 Å². The minimum absolute atomic E-state index is 0.108. The highest BCUT2D eigenvalue weighted by molar-refractivity contribution is 5.89. The molecule has 0 fully saturated rings. The Balaban J connectivity index is 2.86. The molecular weight excluding hydrogens is 285 g/mol. The number of rotatable bonds is 2. The van der Waals surface area contributed by atoms with Crippen LogP contribution in [0, 0.1) is 23.3 Å². The van der Waals surface area contributed by atoms with E-state index in [1.807, 2.05) is 0 Å². The van der Waals surface area contributed by atoms with Crippen LogP contribution in [0.3, 0.4) is 0 Å². The van der Waals surface area contributed by atoms with Gasteiger partial charge in [-0.1, -0.05) is 0 Å². The van der Waals surface area contributed by atoms with Gasteiger partial charge in [0, 0.05) is 6.07 Å². The van der Waals surface area contributed by atoms with Crippen molar-refractivity contribution in [1.29, 1.82) is 0 Å². The molecule has 0 atom stereocenters. The van der Waals surface area contributed by atoms with Crippen molar-refractivity contribution in [2.45, 2.75) is 6.18 Å². The predicted octanol–water partition coefficient (Wildman–Crippen LogP) is 2.93. The Morgan fingerprint density at radius 1 is 1.05 bits per heavy atom. The first-order chi connectivity index (χ1) is 8.61. The fourth-order valence-corrected chi connectivity index (χ4v) is 1.02. The van der Waals surface area contributed by atoms with Crippen molar-refractivity contribution in [3.05, 3.63) is 29.3 Å². The van der Waals surface area contributed by atoms with Crippen LogP contribution in [-0.4, -0.2) is 18.8 Å². The summed E-state index contributed by atoms with van der Waals surface area (Å²) in [6.07, 6.45) is -4.75. The molecule has 10 heteroatoms. The molecule has 0 aliphatic heterocycles. The molecule has 0 saturated heterocycles. The number of urea groups is 1. The van der Waals surface area contributed by atoms with Crippen molar-refractivity contribution in [2.75, 3.05) is 11.9 Å². The van der Waals surface area contributed by atoms with E-state index < -0.39 is 47.7 Å².